The Morgan fingerprint density at radius 2 is 2.21 bits per heavy atom. The first-order chi connectivity index (χ1) is 9.02. The Morgan fingerprint density at radius 1 is 1.47 bits per heavy atom. The molecule has 6 heteroatoms. The molecular weight excluding hydrogens is 311 g/mol. The van der Waals surface area contributed by atoms with Gasteiger partial charge in [0.1, 0.15) is 5.82 Å². The van der Waals surface area contributed by atoms with Gasteiger partial charge in [-0.2, -0.15) is 5.10 Å². The zero-order chi connectivity index (χ0) is 14.0. The lowest BCUT2D eigenvalue weighted by Crippen LogP contribution is -2.16. The molecule has 1 atom stereocenters. The molecule has 0 saturated heterocycles. The average Bonchev–Trinajstić information content (AvgIpc) is 2.66. The van der Waals surface area contributed by atoms with Crippen LogP contribution in [0.15, 0.2) is 22.9 Å². The van der Waals surface area contributed by atoms with E-state index in [-0.39, 0.29) is 11.9 Å². The summed E-state index contributed by atoms with van der Waals surface area (Å²) in [4.78, 5) is 3.82. The van der Waals surface area contributed by atoms with Gasteiger partial charge in [-0.05, 0) is 34.0 Å². The zero-order valence-electron chi connectivity index (χ0n) is 10.9. The van der Waals surface area contributed by atoms with Crippen molar-refractivity contribution in [3.63, 3.8) is 0 Å². The maximum atomic E-state index is 13.1. The molecule has 0 spiro atoms. The van der Waals surface area contributed by atoms with Crippen molar-refractivity contribution in [3.05, 3.63) is 45.7 Å². The van der Waals surface area contributed by atoms with Crippen LogP contribution in [0, 0.1) is 5.82 Å². The minimum atomic E-state index is -0.369. The lowest BCUT2D eigenvalue weighted by Gasteiger charge is -2.12. The maximum Gasteiger partial charge on any atom is 0.141 e. The topological polar surface area (TPSA) is 56.7 Å². The van der Waals surface area contributed by atoms with Crippen LogP contribution >= 0.6 is 15.9 Å². The first-order valence-electron chi connectivity index (χ1n) is 6.09. The molecule has 0 fully saturated rings. The van der Waals surface area contributed by atoms with E-state index in [1.165, 1.54) is 12.3 Å². The number of aromatic nitrogens is 3. The molecule has 2 rings (SSSR count). The molecule has 102 valence electrons. The summed E-state index contributed by atoms with van der Waals surface area (Å²) in [6.45, 7) is 2.05. The first kappa shape index (κ1) is 14.1. The Kier molecular flexibility index (Phi) is 4.31. The van der Waals surface area contributed by atoms with Crippen LogP contribution in [-0.2, 0) is 19.9 Å². The smallest absolute Gasteiger partial charge is 0.141 e. The third kappa shape index (κ3) is 3.01. The third-order valence-corrected chi connectivity index (χ3v) is 3.99. The molecule has 4 nitrogen and oxygen atoms in total. The van der Waals surface area contributed by atoms with Crippen molar-refractivity contribution in [2.45, 2.75) is 25.8 Å². The molecule has 0 aliphatic carbocycles. The summed E-state index contributed by atoms with van der Waals surface area (Å²) in [5.41, 5.74) is 8.81. The van der Waals surface area contributed by atoms with Crippen molar-refractivity contribution in [2.24, 2.45) is 12.8 Å². The highest BCUT2D eigenvalue weighted by atomic mass is 79.9. The van der Waals surface area contributed by atoms with E-state index in [4.69, 9.17) is 5.73 Å². The van der Waals surface area contributed by atoms with E-state index in [0.29, 0.717) is 12.0 Å². The zero-order valence-corrected chi connectivity index (χ0v) is 12.5. The molecule has 2 N–H and O–H groups in total. The molecule has 0 aliphatic heterocycles. The van der Waals surface area contributed by atoms with Gasteiger partial charge in [0.15, 0.2) is 0 Å². The van der Waals surface area contributed by atoms with Gasteiger partial charge in [0.2, 0.25) is 0 Å². The number of hydrogen-bond donors (Lipinski definition) is 1. The summed E-state index contributed by atoms with van der Waals surface area (Å²) in [7, 11) is 1.88. The first-order valence-corrected chi connectivity index (χ1v) is 6.88. The van der Waals surface area contributed by atoms with Crippen molar-refractivity contribution < 1.29 is 4.39 Å². The molecule has 0 bridgehead atoms. The van der Waals surface area contributed by atoms with Crippen molar-refractivity contribution in [2.75, 3.05) is 0 Å². The number of rotatable bonds is 4. The summed E-state index contributed by atoms with van der Waals surface area (Å²) in [5.74, 6) is -0.369. The standard InChI is InChI=1S/C13H16BrFN4/c1-3-11-13(14)12(19(2)18-11)5-10(16)8-4-9(15)7-17-6-8/h4,6-7,10H,3,5,16H2,1-2H3. The molecule has 2 aromatic heterocycles. The van der Waals surface area contributed by atoms with Crippen LogP contribution in [0.1, 0.15) is 29.9 Å². The predicted molar refractivity (Wildman–Crippen MR) is 75.1 cm³/mol. The van der Waals surface area contributed by atoms with E-state index < -0.39 is 0 Å². The molecule has 0 aliphatic rings. The van der Waals surface area contributed by atoms with Crippen LogP contribution in [0.3, 0.4) is 0 Å². The fourth-order valence-electron chi connectivity index (χ4n) is 2.00. The van der Waals surface area contributed by atoms with Gasteiger partial charge in [-0.15, -0.1) is 0 Å². The Hall–Kier alpha value is -1.27. The van der Waals surface area contributed by atoms with E-state index in [9.17, 15) is 4.39 Å². The molecule has 0 radical (unpaired) electrons. The van der Waals surface area contributed by atoms with Crippen LogP contribution in [0.5, 0.6) is 0 Å². The highest BCUT2D eigenvalue weighted by Gasteiger charge is 2.17. The van der Waals surface area contributed by atoms with E-state index in [0.717, 1.165) is 22.3 Å². The lowest BCUT2D eigenvalue weighted by molar-refractivity contribution is 0.602. The fourth-order valence-corrected chi connectivity index (χ4v) is 2.78. The number of hydrogen-bond acceptors (Lipinski definition) is 3. The minimum absolute atomic E-state index is 0.306. The van der Waals surface area contributed by atoms with Gasteiger partial charge in [0.25, 0.3) is 0 Å². The third-order valence-electron chi connectivity index (χ3n) is 3.07. The Bertz CT molecular complexity index is 582. The van der Waals surface area contributed by atoms with Gasteiger partial charge >= 0.3 is 0 Å². The molecule has 2 aromatic rings. The quantitative estimate of drug-likeness (QED) is 0.939. The maximum absolute atomic E-state index is 13.1. The Morgan fingerprint density at radius 3 is 2.79 bits per heavy atom. The van der Waals surface area contributed by atoms with Gasteiger partial charge in [0.05, 0.1) is 22.1 Å². The lowest BCUT2D eigenvalue weighted by atomic mass is 10.0. The van der Waals surface area contributed by atoms with Crippen molar-refractivity contribution >= 4 is 15.9 Å². The van der Waals surface area contributed by atoms with Gasteiger partial charge in [0, 0.05) is 25.7 Å². The molecule has 0 aromatic carbocycles. The van der Waals surface area contributed by atoms with Crippen LogP contribution in [0.25, 0.3) is 0 Å². The minimum Gasteiger partial charge on any atom is -0.324 e. The Balaban J connectivity index is 2.24. The Labute approximate surface area is 120 Å². The number of aryl methyl sites for hydroxylation is 2. The highest BCUT2D eigenvalue weighted by Crippen LogP contribution is 2.25. The average molecular weight is 327 g/mol. The second-order valence-electron chi connectivity index (χ2n) is 4.43. The normalized spacial score (nSPS) is 12.7. The number of halogens is 2. The molecule has 0 saturated carbocycles. The molecular formula is C13H16BrFN4. The monoisotopic (exact) mass is 326 g/mol. The summed E-state index contributed by atoms with van der Waals surface area (Å²) in [6, 6.07) is 1.11. The SMILES string of the molecule is CCc1nn(C)c(CC(N)c2cncc(F)c2)c1Br. The highest BCUT2D eigenvalue weighted by molar-refractivity contribution is 9.10. The molecule has 2 heterocycles. The summed E-state index contributed by atoms with van der Waals surface area (Å²) < 4.78 is 15.9. The number of nitrogens with zero attached hydrogens (tertiary/aromatic N) is 3. The molecule has 19 heavy (non-hydrogen) atoms. The predicted octanol–water partition coefficient (Wildman–Crippen LogP) is 2.52. The van der Waals surface area contributed by atoms with E-state index in [1.54, 1.807) is 6.20 Å². The van der Waals surface area contributed by atoms with Crippen LogP contribution in [-0.4, -0.2) is 14.8 Å². The molecule has 0 amide bonds. The second-order valence-corrected chi connectivity index (χ2v) is 5.22. The van der Waals surface area contributed by atoms with Gasteiger partial charge in [-0.1, -0.05) is 6.92 Å². The van der Waals surface area contributed by atoms with Crippen molar-refractivity contribution in [3.8, 4) is 0 Å². The van der Waals surface area contributed by atoms with Crippen molar-refractivity contribution in [1.82, 2.24) is 14.8 Å². The number of nitrogens with two attached hydrogens (primary N) is 1. The summed E-state index contributed by atoms with van der Waals surface area (Å²) in [6.07, 6.45) is 4.20. The summed E-state index contributed by atoms with van der Waals surface area (Å²) >= 11 is 3.55. The van der Waals surface area contributed by atoms with E-state index in [1.807, 2.05) is 18.7 Å². The van der Waals surface area contributed by atoms with E-state index >= 15 is 0 Å². The van der Waals surface area contributed by atoms with Gasteiger partial charge in [-0.3, -0.25) is 9.67 Å². The fraction of sp³-hybridized carbons (Fsp3) is 0.385. The van der Waals surface area contributed by atoms with Crippen LogP contribution < -0.4 is 5.73 Å². The van der Waals surface area contributed by atoms with Crippen LogP contribution in [0.2, 0.25) is 0 Å². The van der Waals surface area contributed by atoms with Gasteiger partial charge < -0.3 is 5.73 Å². The number of pyridine rings is 1. The second kappa shape index (κ2) is 5.79. The molecule has 1 unspecified atom stereocenters. The summed E-state index contributed by atoms with van der Waals surface area (Å²) in [5, 5.41) is 4.42. The van der Waals surface area contributed by atoms with Crippen molar-refractivity contribution in [1.29, 1.82) is 0 Å². The van der Waals surface area contributed by atoms with E-state index in [2.05, 4.69) is 26.0 Å². The largest absolute Gasteiger partial charge is 0.324 e. The van der Waals surface area contributed by atoms with Crippen LogP contribution in [0.4, 0.5) is 4.39 Å². The van der Waals surface area contributed by atoms with Gasteiger partial charge in [-0.25, -0.2) is 4.39 Å².